The van der Waals surface area contributed by atoms with Crippen LogP contribution < -0.4 is 16.0 Å². The second kappa shape index (κ2) is 8.10. The van der Waals surface area contributed by atoms with Gasteiger partial charge in [0.25, 0.3) is 0 Å². The molecule has 0 aliphatic carbocycles. The van der Waals surface area contributed by atoms with Crippen molar-refractivity contribution >= 4 is 40.5 Å². The highest BCUT2D eigenvalue weighted by Gasteiger charge is 2.39. The number of nitro groups is 2. The number of nitrogens with one attached hydrogen (secondary N) is 2. The summed E-state index contributed by atoms with van der Waals surface area (Å²) < 4.78 is 52.3. The van der Waals surface area contributed by atoms with Gasteiger partial charge in [-0.15, -0.1) is 5.53 Å². The maximum atomic E-state index is 13.2. The molecule has 0 saturated carbocycles. The van der Waals surface area contributed by atoms with Gasteiger partial charge in [0.1, 0.15) is 5.82 Å². The summed E-state index contributed by atoms with van der Waals surface area (Å²) in [5.74, 6) is -0.678. The van der Waals surface area contributed by atoms with Crippen LogP contribution in [0.3, 0.4) is 0 Å². The number of benzene rings is 2. The average Bonchev–Trinajstić information content (AvgIpc) is 2.61. The van der Waals surface area contributed by atoms with Gasteiger partial charge in [0.15, 0.2) is 0 Å². The first-order valence-electron chi connectivity index (χ1n) is 7.10. The molecule has 0 aliphatic heterocycles. The third-order valence-electron chi connectivity index (χ3n) is 3.33. The Morgan fingerprint density at radius 1 is 1.04 bits per heavy atom. The second-order valence-corrected chi connectivity index (χ2v) is 5.30. The second-order valence-electron chi connectivity index (χ2n) is 5.06. The number of anilines is 2. The summed E-state index contributed by atoms with van der Waals surface area (Å²) in [6.45, 7) is 0. The summed E-state index contributed by atoms with van der Waals surface area (Å²) >= 11 is 4.53. The number of thiocarbonyl (C=S) groups is 1. The fourth-order valence-electron chi connectivity index (χ4n) is 2.21. The Balaban J connectivity index is 2.82. The third-order valence-corrected chi connectivity index (χ3v) is 3.45. The van der Waals surface area contributed by atoms with Gasteiger partial charge in [-0.2, -0.15) is 13.2 Å². The van der Waals surface area contributed by atoms with Crippen LogP contribution in [0.5, 0.6) is 0 Å². The molecule has 2 aromatic rings. The van der Waals surface area contributed by atoms with Crippen molar-refractivity contribution in [2.24, 2.45) is 0 Å². The van der Waals surface area contributed by atoms with Crippen molar-refractivity contribution in [2.45, 2.75) is 6.18 Å². The minimum absolute atomic E-state index is 0.0586. The molecule has 0 aliphatic rings. The average molecular weight is 419 g/mol. The number of nitro benzene ring substituents is 2. The molecule has 2 N–H and O–H groups in total. The fraction of sp³-hybridized carbons (Fsp3) is 0.0714. The standard InChI is InChI=1S/C14H9F4N5O4S/c15-9-1-3-10(4-2-9)21(20-19-7-28)13-11(22(24)25)5-8(14(16,17)18)6-12(13)23(26)27/h1-7,20H,(H,19,28). The lowest BCUT2D eigenvalue weighted by Gasteiger charge is -2.25. The number of hydrogen-bond acceptors (Lipinski definition) is 7. The first-order valence-corrected chi connectivity index (χ1v) is 7.58. The molecule has 148 valence electrons. The van der Waals surface area contributed by atoms with Crippen LogP contribution in [0.4, 0.5) is 40.3 Å². The largest absolute Gasteiger partial charge is 0.416 e. The molecular formula is C14H9F4N5O4S. The van der Waals surface area contributed by atoms with Crippen LogP contribution in [0.15, 0.2) is 36.4 Å². The Labute approximate surface area is 158 Å². The Morgan fingerprint density at radius 3 is 1.93 bits per heavy atom. The number of hydrogen-bond donors (Lipinski definition) is 2. The number of rotatable bonds is 7. The van der Waals surface area contributed by atoms with Crippen molar-refractivity contribution < 1.29 is 27.4 Å². The summed E-state index contributed by atoms with van der Waals surface area (Å²) in [6.07, 6.45) is -5.06. The molecule has 0 fully saturated rings. The van der Waals surface area contributed by atoms with E-state index in [1.807, 2.05) is 0 Å². The van der Waals surface area contributed by atoms with Crippen LogP contribution in [-0.4, -0.2) is 15.3 Å². The highest BCUT2D eigenvalue weighted by atomic mass is 32.1. The maximum Gasteiger partial charge on any atom is 0.416 e. The van der Waals surface area contributed by atoms with Gasteiger partial charge < -0.3 is 5.43 Å². The van der Waals surface area contributed by atoms with Crippen molar-refractivity contribution in [2.75, 3.05) is 5.01 Å². The van der Waals surface area contributed by atoms with E-state index in [1.165, 1.54) is 0 Å². The van der Waals surface area contributed by atoms with Gasteiger partial charge in [-0.05, 0) is 24.3 Å². The monoisotopic (exact) mass is 419 g/mol. The van der Waals surface area contributed by atoms with Crippen LogP contribution in [-0.2, 0) is 6.18 Å². The molecule has 9 nitrogen and oxygen atoms in total. The lowest BCUT2D eigenvalue weighted by molar-refractivity contribution is -0.393. The lowest BCUT2D eigenvalue weighted by Crippen LogP contribution is -2.43. The van der Waals surface area contributed by atoms with E-state index < -0.39 is 44.5 Å². The Hall–Kier alpha value is -3.39. The third kappa shape index (κ3) is 4.47. The Morgan fingerprint density at radius 2 is 1.54 bits per heavy atom. The molecule has 0 aromatic heterocycles. The molecule has 2 rings (SSSR count). The minimum Gasteiger partial charge on any atom is -0.300 e. The molecule has 0 heterocycles. The van der Waals surface area contributed by atoms with Gasteiger partial charge in [-0.3, -0.25) is 20.2 Å². The quantitative estimate of drug-likeness (QED) is 0.302. The lowest BCUT2D eigenvalue weighted by atomic mass is 10.1. The molecule has 2 aromatic carbocycles. The molecular weight excluding hydrogens is 410 g/mol. The van der Waals surface area contributed by atoms with Gasteiger partial charge in [-0.25, -0.2) is 9.40 Å². The molecule has 0 bridgehead atoms. The van der Waals surface area contributed by atoms with Gasteiger partial charge >= 0.3 is 17.6 Å². The number of hydrazine groups is 2. The van der Waals surface area contributed by atoms with Crippen LogP contribution in [0.25, 0.3) is 0 Å². The zero-order chi connectivity index (χ0) is 21.1. The summed E-state index contributed by atoms with van der Waals surface area (Å²) in [4.78, 5) is 20.4. The van der Waals surface area contributed by atoms with Crippen LogP contribution in [0.2, 0.25) is 0 Å². The van der Waals surface area contributed by atoms with Crippen molar-refractivity contribution in [3.05, 3.63) is 68.0 Å². The van der Waals surface area contributed by atoms with E-state index in [0.717, 1.165) is 29.8 Å². The highest BCUT2D eigenvalue weighted by Crippen LogP contribution is 2.44. The summed E-state index contributed by atoms with van der Waals surface area (Å²) in [6, 6.07) is 4.42. The fourth-order valence-corrected chi connectivity index (χ4v) is 2.26. The molecule has 14 heteroatoms. The first kappa shape index (κ1) is 20.9. The topological polar surface area (TPSA) is 114 Å². The maximum absolute atomic E-state index is 13.2. The number of halogens is 4. The predicted molar refractivity (Wildman–Crippen MR) is 93.2 cm³/mol. The van der Waals surface area contributed by atoms with E-state index in [-0.39, 0.29) is 17.8 Å². The Bertz CT molecular complexity index is 888. The van der Waals surface area contributed by atoms with E-state index in [0.29, 0.717) is 5.01 Å². The van der Waals surface area contributed by atoms with Crippen LogP contribution in [0.1, 0.15) is 5.56 Å². The van der Waals surface area contributed by atoms with Crippen molar-refractivity contribution in [1.29, 1.82) is 0 Å². The zero-order valence-corrected chi connectivity index (χ0v) is 14.3. The van der Waals surface area contributed by atoms with Gasteiger partial charge in [0.05, 0.1) is 26.6 Å². The smallest absolute Gasteiger partial charge is 0.300 e. The number of alkyl halides is 3. The van der Waals surface area contributed by atoms with E-state index in [1.54, 1.807) is 0 Å². The highest BCUT2D eigenvalue weighted by molar-refractivity contribution is 7.78. The van der Waals surface area contributed by atoms with Gasteiger partial charge in [0, 0.05) is 12.1 Å². The van der Waals surface area contributed by atoms with E-state index in [2.05, 4.69) is 23.2 Å². The van der Waals surface area contributed by atoms with Crippen molar-refractivity contribution in [1.82, 2.24) is 11.0 Å². The molecule has 28 heavy (non-hydrogen) atoms. The van der Waals surface area contributed by atoms with Crippen molar-refractivity contribution in [3.63, 3.8) is 0 Å². The molecule has 0 spiro atoms. The first-order chi connectivity index (χ1) is 13.1. The summed E-state index contributed by atoms with van der Waals surface area (Å²) in [7, 11) is 0. The van der Waals surface area contributed by atoms with E-state index in [4.69, 9.17) is 0 Å². The molecule has 0 saturated heterocycles. The number of nitrogens with zero attached hydrogens (tertiary/aromatic N) is 3. The van der Waals surface area contributed by atoms with E-state index in [9.17, 15) is 37.8 Å². The Kier molecular flexibility index (Phi) is 6.05. The van der Waals surface area contributed by atoms with Crippen molar-refractivity contribution in [3.8, 4) is 0 Å². The van der Waals surface area contributed by atoms with Gasteiger partial charge in [0.2, 0.25) is 5.69 Å². The molecule has 0 radical (unpaired) electrons. The summed E-state index contributed by atoms with van der Waals surface area (Å²) in [5.41, 5.74) is 0.564. The van der Waals surface area contributed by atoms with Crippen LogP contribution >= 0.6 is 12.2 Å². The SMILES string of the molecule is O=[N+]([O-])c1cc(C(F)(F)F)cc([N+](=O)[O-])c1N(NNC=S)c1ccc(F)cc1. The van der Waals surface area contributed by atoms with Crippen LogP contribution in [0, 0.1) is 26.0 Å². The van der Waals surface area contributed by atoms with E-state index >= 15 is 0 Å². The normalized spacial score (nSPS) is 11.0. The molecule has 0 amide bonds. The minimum atomic E-state index is -5.06. The molecule has 0 unspecified atom stereocenters. The molecule has 0 atom stereocenters. The predicted octanol–water partition coefficient (Wildman–Crippen LogP) is 3.77. The van der Waals surface area contributed by atoms with Gasteiger partial charge in [-0.1, -0.05) is 12.2 Å². The summed E-state index contributed by atoms with van der Waals surface area (Å²) in [5, 5.41) is 23.5. The zero-order valence-electron chi connectivity index (χ0n) is 13.4.